The van der Waals surface area contributed by atoms with Crippen molar-refractivity contribution in [2.24, 2.45) is 0 Å². The molecular formula is C14H8BrF2N3O. The maximum atomic E-state index is 13.7. The molecule has 1 aromatic heterocycles. The third kappa shape index (κ3) is 2.64. The average Bonchev–Trinajstić information content (AvgIpc) is 2.79. The molecule has 0 fully saturated rings. The summed E-state index contributed by atoms with van der Waals surface area (Å²) in [5.74, 6) is -2.68. The zero-order chi connectivity index (χ0) is 15.0. The molecule has 2 N–H and O–H groups in total. The second-order valence-corrected chi connectivity index (χ2v) is 5.22. The van der Waals surface area contributed by atoms with Gasteiger partial charge in [0, 0.05) is 4.47 Å². The zero-order valence-electron chi connectivity index (χ0n) is 10.5. The monoisotopic (exact) mass is 351 g/mol. The fourth-order valence-electron chi connectivity index (χ4n) is 1.94. The van der Waals surface area contributed by atoms with Crippen molar-refractivity contribution in [1.29, 1.82) is 0 Å². The van der Waals surface area contributed by atoms with Crippen LogP contribution < -0.4 is 5.32 Å². The number of halogens is 3. The second-order valence-electron chi connectivity index (χ2n) is 4.30. The molecule has 21 heavy (non-hydrogen) atoms. The number of hydrogen-bond donors (Lipinski definition) is 2. The number of amides is 1. The molecule has 7 heteroatoms. The first-order valence-corrected chi connectivity index (χ1v) is 6.74. The van der Waals surface area contributed by atoms with Crippen molar-refractivity contribution in [3.63, 3.8) is 0 Å². The summed E-state index contributed by atoms with van der Waals surface area (Å²) in [6.45, 7) is 0. The molecule has 0 unspecified atom stereocenters. The van der Waals surface area contributed by atoms with Gasteiger partial charge in [-0.3, -0.25) is 10.1 Å². The molecule has 0 atom stereocenters. The Morgan fingerprint density at radius 2 is 1.86 bits per heavy atom. The van der Waals surface area contributed by atoms with E-state index in [0.29, 0.717) is 11.0 Å². The first-order chi connectivity index (χ1) is 10.0. The third-order valence-corrected chi connectivity index (χ3v) is 3.31. The molecule has 0 saturated heterocycles. The van der Waals surface area contributed by atoms with Crippen LogP contribution >= 0.6 is 15.9 Å². The Balaban J connectivity index is 1.93. The summed E-state index contributed by atoms with van der Waals surface area (Å²) in [6.07, 6.45) is 0. The molecule has 1 heterocycles. The van der Waals surface area contributed by atoms with Crippen LogP contribution in [0.5, 0.6) is 0 Å². The summed E-state index contributed by atoms with van der Waals surface area (Å²) in [5, 5.41) is 2.35. The van der Waals surface area contributed by atoms with Gasteiger partial charge in [-0.1, -0.05) is 28.1 Å². The number of nitrogens with one attached hydrogen (secondary N) is 2. The predicted octanol–water partition coefficient (Wildman–Crippen LogP) is 3.86. The summed E-state index contributed by atoms with van der Waals surface area (Å²) in [7, 11) is 0. The number of imidazole rings is 1. The standard InChI is InChI=1S/C14H8BrF2N3O/c15-7-5-8(16)12(9(17)6-7)13(21)20-14-18-10-3-1-2-4-11(10)19-14/h1-6H,(H2,18,19,20,21). The smallest absolute Gasteiger partial charge is 0.263 e. The number of carbonyl (C=O) groups excluding carboxylic acids is 1. The van der Waals surface area contributed by atoms with Crippen LogP contribution in [-0.4, -0.2) is 15.9 Å². The molecule has 3 rings (SSSR count). The Labute approximate surface area is 126 Å². The predicted molar refractivity (Wildman–Crippen MR) is 78.1 cm³/mol. The van der Waals surface area contributed by atoms with Gasteiger partial charge in [-0.15, -0.1) is 0 Å². The minimum atomic E-state index is -0.949. The number of fused-ring (bicyclic) bond motifs is 1. The van der Waals surface area contributed by atoms with E-state index in [1.807, 2.05) is 0 Å². The SMILES string of the molecule is O=C(Nc1nc2ccccc2[nH]1)c1c(F)cc(Br)cc1F. The van der Waals surface area contributed by atoms with E-state index in [9.17, 15) is 13.6 Å². The highest BCUT2D eigenvalue weighted by atomic mass is 79.9. The normalized spacial score (nSPS) is 10.8. The first-order valence-electron chi connectivity index (χ1n) is 5.95. The molecule has 0 bridgehead atoms. The number of H-pyrrole nitrogens is 1. The van der Waals surface area contributed by atoms with Crippen LogP contribution in [0.4, 0.5) is 14.7 Å². The Bertz CT molecular complexity index is 791. The molecule has 0 aliphatic heterocycles. The van der Waals surface area contributed by atoms with Gasteiger partial charge in [0.1, 0.15) is 17.2 Å². The maximum Gasteiger partial charge on any atom is 0.263 e. The van der Waals surface area contributed by atoms with Gasteiger partial charge in [-0.05, 0) is 24.3 Å². The second kappa shape index (κ2) is 5.25. The Morgan fingerprint density at radius 3 is 2.52 bits per heavy atom. The number of rotatable bonds is 2. The van der Waals surface area contributed by atoms with E-state index in [0.717, 1.165) is 12.1 Å². The fraction of sp³-hybridized carbons (Fsp3) is 0. The summed E-state index contributed by atoms with van der Waals surface area (Å²) < 4.78 is 27.6. The Hall–Kier alpha value is -2.28. The number of aromatic amines is 1. The minimum Gasteiger partial charge on any atom is -0.324 e. The van der Waals surface area contributed by atoms with Crippen molar-refractivity contribution in [3.8, 4) is 0 Å². The lowest BCUT2D eigenvalue weighted by Gasteiger charge is -2.05. The summed E-state index contributed by atoms with van der Waals surface area (Å²) in [4.78, 5) is 18.9. The number of anilines is 1. The van der Waals surface area contributed by atoms with E-state index in [-0.39, 0.29) is 10.4 Å². The van der Waals surface area contributed by atoms with E-state index in [1.54, 1.807) is 24.3 Å². The summed E-state index contributed by atoms with van der Waals surface area (Å²) >= 11 is 2.96. The van der Waals surface area contributed by atoms with Gasteiger partial charge in [0.25, 0.3) is 5.91 Å². The molecule has 0 spiro atoms. The molecule has 1 amide bonds. The number of nitrogens with zero attached hydrogens (tertiary/aromatic N) is 1. The lowest BCUT2D eigenvalue weighted by atomic mass is 10.2. The third-order valence-electron chi connectivity index (χ3n) is 2.86. The molecule has 0 saturated carbocycles. The zero-order valence-corrected chi connectivity index (χ0v) is 12.0. The molecular weight excluding hydrogens is 344 g/mol. The van der Waals surface area contributed by atoms with Crippen LogP contribution in [0, 0.1) is 11.6 Å². The van der Waals surface area contributed by atoms with Crippen LogP contribution in [0.2, 0.25) is 0 Å². The van der Waals surface area contributed by atoms with Gasteiger partial charge in [0.05, 0.1) is 11.0 Å². The van der Waals surface area contributed by atoms with Gasteiger partial charge < -0.3 is 4.98 Å². The van der Waals surface area contributed by atoms with Gasteiger partial charge >= 0.3 is 0 Å². The summed E-state index contributed by atoms with van der Waals surface area (Å²) in [6, 6.07) is 9.18. The van der Waals surface area contributed by atoms with Crippen molar-refractivity contribution in [1.82, 2.24) is 9.97 Å². The van der Waals surface area contributed by atoms with Gasteiger partial charge in [0.2, 0.25) is 5.95 Å². The molecule has 106 valence electrons. The highest BCUT2D eigenvalue weighted by Crippen LogP contribution is 2.21. The number of para-hydroxylation sites is 2. The molecule has 0 radical (unpaired) electrons. The maximum absolute atomic E-state index is 13.7. The van der Waals surface area contributed by atoms with E-state index < -0.39 is 23.1 Å². The molecule has 0 aliphatic rings. The highest BCUT2D eigenvalue weighted by molar-refractivity contribution is 9.10. The quantitative estimate of drug-likeness (QED) is 0.736. The van der Waals surface area contributed by atoms with Gasteiger partial charge in [0.15, 0.2) is 0 Å². The van der Waals surface area contributed by atoms with E-state index in [2.05, 4.69) is 31.2 Å². The van der Waals surface area contributed by atoms with Crippen LogP contribution in [0.3, 0.4) is 0 Å². The van der Waals surface area contributed by atoms with Crippen molar-refractivity contribution in [3.05, 3.63) is 58.1 Å². The molecule has 0 aliphatic carbocycles. The lowest BCUT2D eigenvalue weighted by molar-refractivity contribution is 0.101. The number of hydrogen-bond acceptors (Lipinski definition) is 2. The van der Waals surface area contributed by atoms with Crippen LogP contribution in [-0.2, 0) is 0 Å². The molecule has 3 aromatic rings. The highest BCUT2D eigenvalue weighted by Gasteiger charge is 2.19. The Kier molecular flexibility index (Phi) is 3.42. The molecule has 4 nitrogen and oxygen atoms in total. The number of carbonyl (C=O) groups is 1. The average molecular weight is 352 g/mol. The van der Waals surface area contributed by atoms with Crippen molar-refractivity contribution < 1.29 is 13.6 Å². The first kappa shape index (κ1) is 13.7. The van der Waals surface area contributed by atoms with Crippen molar-refractivity contribution in [2.75, 3.05) is 5.32 Å². The van der Waals surface area contributed by atoms with E-state index in [4.69, 9.17) is 0 Å². The van der Waals surface area contributed by atoms with Crippen molar-refractivity contribution in [2.45, 2.75) is 0 Å². The Morgan fingerprint density at radius 1 is 1.19 bits per heavy atom. The largest absolute Gasteiger partial charge is 0.324 e. The van der Waals surface area contributed by atoms with Crippen LogP contribution in [0.1, 0.15) is 10.4 Å². The van der Waals surface area contributed by atoms with E-state index >= 15 is 0 Å². The summed E-state index contributed by atoms with van der Waals surface area (Å²) in [5.41, 5.74) is 0.702. The molecule has 2 aromatic carbocycles. The van der Waals surface area contributed by atoms with Gasteiger partial charge in [-0.25, -0.2) is 13.8 Å². The topological polar surface area (TPSA) is 57.8 Å². The fourth-order valence-corrected chi connectivity index (χ4v) is 2.34. The minimum absolute atomic E-state index is 0.128. The van der Waals surface area contributed by atoms with Crippen LogP contribution in [0.15, 0.2) is 40.9 Å². The van der Waals surface area contributed by atoms with E-state index in [1.165, 1.54) is 0 Å². The van der Waals surface area contributed by atoms with Gasteiger partial charge in [-0.2, -0.15) is 0 Å². The lowest BCUT2D eigenvalue weighted by Crippen LogP contribution is -2.16. The number of aromatic nitrogens is 2. The number of benzene rings is 2. The van der Waals surface area contributed by atoms with Crippen molar-refractivity contribution >= 4 is 38.8 Å². The van der Waals surface area contributed by atoms with Crippen LogP contribution in [0.25, 0.3) is 11.0 Å².